The number of azo groups is 1. The van der Waals surface area contributed by atoms with Crippen LogP contribution >= 0.6 is 11.3 Å². The van der Waals surface area contributed by atoms with E-state index in [-0.39, 0.29) is 0 Å². The average Bonchev–Trinajstić information content (AvgIpc) is 2.92. The summed E-state index contributed by atoms with van der Waals surface area (Å²) in [5, 5.41) is 9.56. The van der Waals surface area contributed by atoms with Gasteiger partial charge in [0.1, 0.15) is 11.9 Å². The maximum absolute atomic E-state index is 4.33. The van der Waals surface area contributed by atoms with Crippen molar-refractivity contribution in [3.63, 3.8) is 0 Å². The number of aromatic nitrogens is 1. The summed E-state index contributed by atoms with van der Waals surface area (Å²) in [5.74, 6) is 0. The Hall–Kier alpha value is -2.53. The third-order valence-corrected chi connectivity index (χ3v) is 4.71. The Labute approximate surface area is 146 Å². The van der Waals surface area contributed by atoms with Crippen LogP contribution in [0.1, 0.15) is 10.4 Å². The Morgan fingerprint density at radius 1 is 1.00 bits per heavy atom. The van der Waals surface area contributed by atoms with E-state index in [9.17, 15) is 0 Å². The molecule has 2 aromatic carbocycles. The van der Waals surface area contributed by atoms with Crippen LogP contribution in [0.5, 0.6) is 0 Å². The molecule has 0 spiro atoms. The van der Waals surface area contributed by atoms with Gasteiger partial charge in [-0.1, -0.05) is 30.3 Å². The molecule has 0 aliphatic heterocycles. The van der Waals surface area contributed by atoms with E-state index in [1.807, 2.05) is 29.8 Å². The maximum Gasteiger partial charge on any atom is 0.408 e. The van der Waals surface area contributed by atoms with Crippen LogP contribution in [0.2, 0.25) is 0 Å². The number of thiazole rings is 1. The quantitative estimate of drug-likeness (QED) is 0.480. The third kappa shape index (κ3) is 4.06. The topological polar surface area (TPSA) is 31.8 Å². The predicted molar refractivity (Wildman–Crippen MR) is 99.4 cm³/mol. The first-order valence-electron chi connectivity index (χ1n) is 7.85. The summed E-state index contributed by atoms with van der Waals surface area (Å²) >= 11 is 1.64. The van der Waals surface area contributed by atoms with E-state index in [1.54, 1.807) is 11.3 Å². The summed E-state index contributed by atoms with van der Waals surface area (Å²) in [6.07, 6.45) is 2.06. The van der Waals surface area contributed by atoms with Crippen LogP contribution in [0, 0.1) is 6.92 Å². The van der Waals surface area contributed by atoms with Crippen molar-refractivity contribution in [3.05, 3.63) is 71.2 Å². The molecule has 1 heterocycles. The minimum absolute atomic E-state index is 0.859. The highest BCUT2D eigenvalue weighted by atomic mass is 32.1. The molecule has 0 aliphatic rings. The van der Waals surface area contributed by atoms with Crippen LogP contribution < -0.4 is 9.47 Å². The molecule has 0 bridgehead atoms. The Morgan fingerprint density at radius 3 is 2.33 bits per heavy atom. The predicted octanol–water partition coefficient (Wildman–Crippen LogP) is 4.93. The zero-order valence-electron chi connectivity index (χ0n) is 14.2. The van der Waals surface area contributed by atoms with E-state index in [0.29, 0.717) is 0 Å². The summed E-state index contributed by atoms with van der Waals surface area (Å²) < 4.78 is 1.99. The molecule has 122 valence electrons. The number of aryl methyl sites for hydroxylation is 2. The van der Waals surface area contributed by atoms with Gasteiger partial charge in [0.15, 0.2) is 0 Å². The van der Waals surface area contributed by atoms with Crippen molar-refractivity contribution in [2.24, 2.45) is 17.3 Å². The minimum Gasteiger partial charge on any atom is -0.370 e. The highest BCUT2D eigenvalue weighted by Gasteiger charge is 2.10. The zero-order chi connectivity index (χ0) is 16.9. The second-order valence-electron chi connectivity index (χ2n) is 5.79. The fourth-order valence-electron chi connectivity index (χ4n) is 2.48. The van der Waals surface area contributed by atoms with Gasteiger partial charge in [-0.25, -0.2) is 4.57 Å². The molecule has 0 saturated carbocycles. The number of hydrogen-bond donors (Lipinski definition) is 0. The standard InChI is InChI=1S/C19H21N4S/c1-15-13-23(3)19(24-15)21-20-17-9-11-18(12-10-17)22(2)14-16-7-5-4-6-8-16/h4-13H,14H2,1-3H3/q+1. The molecule has 0 saturated heterocycles. The van der Waals surface area contributed by atoms with E-state index < -0.39 is 0 Å². The molecule has 0 atom stereocenters. The first-order valence-corrected chi connectivity index (χ1v) is 8.66. The number of anilines is 1. The lowest BCUT2D eigenvalue weighted by atomic mass is 10.2. The summed E-state index contributed by atoms with van der Waals surface area (Å²) in [7, 11) is 4.08. The molecule has 0 N–H and O–H groups in total. The van der Waals surface area contributed by atoms with Crippen LogP contribution in [0.25, 0.3) is 0 Å². The Bertz CT molecular complexity index is 822. The molecule has 1 aromatic heterocycles. The summed E-state index contributed by atoms with van der Waals surface area (Å²) in [5.41, 5.74) is 3.32. The second kappa shape index (κ2) is 7.36. The molecule has 0 radical (unpaired) electrons. The smallest absolute Gasteiger partial charge is 0.370 e. The van der Waals surface area contributed by atoms with Gasteiger partial charge in [0.2, 0.25) is 0 Å². The molecule has 0 fully saturated rings. The lowest BCUT2D eigenvalue weighted by Crippen LogP contribution is -2.23. The van der Waals surface area contributed by atoms with Gasteiger partial charge in [-0.05, 0) is 53.2 Å². The van der Waals surface area contributed by atoms with Crippen molar-refractivity contribution < 1.29 is 4.57 Å². The molecule has 0 unspecified atom stereocenters. The van der Waals surface area contributed by atoms with Gasteiger partial charge < -0.3 is 4.90 Å². The van der Waals surface area contributed by atoms with E-state index >= 15 is 0 Å². The molecule has 3 rings (SSSR count). The SMILES string of the molecule is Cc1c[n+](C)c(N=Nc2ccc(N(C)Cc3ccccc3)cc2)s1. The van der Waals surface area contributed by atoms with E-state index in [0.717, 1.165) is 23.1 Å². The normalized spacial score (nSPS) is 11.1. The fourth-order valence-corrected chi connectivity index (χ4v) is 3.26. The number of hydrogen-bond acceptors (Lipinski definition) is 4. The third-order valence-electron chi connectivity index (χ3n) is 3.73. The Balaban J connectivity index is 1.67. The van der Waals surface area contributed by atoms with Gasteiger partial charge in [0.05, 0.1) is 12.2 Å². The number of nitrogens with zero attached hydrogens (tertiary/aromatic N) is 4. The molecule has 0 aliphatic carbocycles. The molecule has 24 heavy (non-hydrogen) atoms. The highest BCUT2D eigenvalue weighted by molar-refractivity contribution is 7.14. The van der Waals surface area contributed by atoms with E-state index in [2.05, 4.69) is 71.7 Å². The van der Waals surface area contributed by atoms with E-state index in [1.165, 1.54) is 10.4 Å². The maximum atomic E-state index is 4.33. The summed E-state index contributed by atoms with van der Waals surface area (Å²) in [4.78, 5) is 3.45. The molecule has 0 amide bonds. The van der Waals surface area contributed by atoms with Crippen LogP contribution in [0.15, 0.2) is 71.0 Å². The molecule has 5 heteroatoms. The highest BCUT2D eigenvalue weighted by Crippen LogP contribution is 2.24. The summed E-state index contributed by atoms with van der Waals surface area (Å²) in [6, 6.07) is 18.6. The number of rotatable bonds is 5. The fraction of sp³-hybridized carbons (Fsp3) is 0.211. The van der Waals surface area contributed by atoms with Crippen LogP contribution in [-0.4, -0.2) is 7.05 Å². The molecule has 4 nitrogen and oxygen atoms in total. The van der Waals surface area contributed by atoms with Crippen molar-refractivity contribution in [1.29, 1.82) is 0 Å². The zero-order valence-corrected chi connectivity index (χ0v) is 15.0. The first-order chi connectivity index (χ1) is 11.6. The minimum atomic E-state index is 0.859. The summed E-state index contributed by atoms with van der Waals surface area (Å²) in [6.45, 7) is 2.95. The average molecular weight is 337 g/mol. The monoisotopic (exact) mass is 337 g/mol. The Morgan fingerprint density at radius 2 is 1.71 bits per heavy atom. The van der Waals surface area contributed by atoms with Gasteiger partial charge in [0.25, 0.3) is 0 Å². The van der Waals surface area contributed by atoms with Crippen LogP contribution in [0.4, 0.5) is 16.5 Å². The molecular weight excluding hydrogens is 316 g/mol. The molecular formula is C19H21N4S+. The van der Waals surface area contributed by atoms with Gasteiger partial charge in [-0.2, -0.15) is 0 Å². The van der Waals surface area contributed by atoms with Crippen molar-refractivity contribution in [1.82, 2.24) is 0 Å². The largest absolute Gasteiger partial charge is 0.408 e. The van der Waals surface area contributed by atoms with Crippen LogP contribution in [-0.2, 0) is 13.6 Å². The van der Waals surface area contributed by atoms with Crippen molar-refractivity contribution in [2.75, 3.05) is 11.9 Å². The van der Waals surface area contributed by atoms with Crippen molar-refractivity contribution >= 4 is 27.8 Å². The lowest BCUT2D eigenvalue weighted by Gasteiger charge is -2.19. The number of benzene rings is 2. The Kier molecular flexibility index (Phi) is 5.01. The van der Waals surface area contributed by atoms with Gasteiger partial charge >= 0.3 is 5.13 Å². The van der Waals surface area contributed by atoms with E-state index in [4.69, 9.17) is 0 Å². The van der Waals surface area contributed by atoms with Crippen LogP contribution in [0.3, 0.4) is 0 Å². The van der Waals surface area contributed by atoms with Crippen molar-refractivity contribution in [2.45, 2.75) is 13.5 Å². The second-order valence-corrected chi connectivity index (χ2v) is 7.01. The lowest BCUT2D eigenvalue weighted by molar-refractivity contribution is -0.654. The van der Waals surface area contributed by atoms with Gasteiger partial charge in [-0.15, -0.1) is 0 Å². The first kappa shape index (κ1) is 16.3. The molecule has 3 aromatic rings. The van der Waals surface area contributed by atoms with Gasteiger partial charge in [-0.3, -0.25) is 0 Å². The van der Waals surface area contributed by atoms with Crippen molar-refractivity contribution in [3.8, 4) is 0 Å². The van der Waals surface area contributed by atoms with Gasteiger partial charge in [0, 0.05) is 24.2 Å².